The number of benzene rings is 2. The Morgan fingerprint density at radius 2 is 1.09 bits per heavy atom. The van der Waals surface area contributed by atoms with Crippen molar-refractivity contribution in [1.82, 2.24) is 0 Å². The van der Waals surface area contributed by atoms with Crippen molar-refractivity contribution in [2.45, 2.75) is 44.9 Å². The maximum absolute atomic E-state index is 13.7. The van der Waals surface area contributed by atoms with E-state index >= 15 is 0 Å². The Kier molecular flexibility index (Phi) is 9.39. The zero-order valence-corrected chi connectivity index (χ0v) is 26.5. The number of nitrogens with one attached hydrogen (secondary N) is 2. The van der Waals surface area contributed by atoms with Crippen LogP contribution in [-0.4, -0.2) is 59.8 Å². The van der Waals surface area contributed by atoms with Gasteiger partial charge in [-0.1, -0.05) is 6.42 Å². The molecule has 0 radical (unpaired) electrons. The highest BCUT2D eigenvalue weighted by atomic mass is 32.1. The number of aliphatic carboxylic acids is 2. The molecule has 0 saturated heterocycles. The smallest absolute Gasteiger partial charge is 0.303 e. The summed E-state index contributed by atoms with van der Waals surface area (Å²) in [5.41, 5.74) is -0.739. The van der Waals surface area contributed by atoms with Gasteiger partial charge in [-0.15, -0.1) is 22.7 Å². The van der Waals surface area contributed by atoms with Crippen molar-refractivity contribution in [1.29, 1.82) is 0 Å². The second kappa shape index (κ2) is 13.3. The van der Waals surface area contributed by atoms with E-state index in [1.807, 2.05) is 0 Å². The fourth-order valence-corrected chi connectivity index (χ4v) is 7.28. The maximum Gasteiger partial charge on any atom is 0.303 e. The Labute approximate surface area is 270 Å². The lowest BCUT2D eigenvalue weighted by Gasteiger charge is -2.38. The standard InChI is InChI=1S/C32H30N2O10S2/c1-43-22-14-24-16(12-26(45-24)20(35)4-6-28(37)38)10-18(22)33-30(41)32(8-3-9-32)31(42)34-19-11-17-13-27(21(36)5-7-29(39)40)46-25(17)15-23(19)44-2/h10-15H,3-9H2,1-2H3,(H,33,41)(H,34,42)(H,37,38)(H,39,40). The van der Waals surface area contributed by atoms with E-state index in [-0.39, 0.29) is 37.2 Å². The summed E-state index contributed by atoms with van der Waals surface area (Å²) in [6, 6.07) is 9.96. The second-order valence-corrected chi connectivity index (χ2v) is 13.0. The van der Waals surface area contributed by atoms with E-state index in [1.165, 1.54) is 36.9 Å². The average Bonchev–Trinajstić information content (AvgIpc) is 3.60. The van der Waals surface area contributed by atoms with E-state index in [0.717, 1.165) is 0 Å². The van der Waals surface area contributed by atoms with Gasteiger partial charge in [0.2, 0.25) is 11.8 Å². The predicted molar refractivity (Wildman–Crippen MR) is 173 cm³/mol. The summed E-state index contributed by atoms with van der Waals surface area (Å²) in [7, 11) is 2.88. The number of methoxy groups -OCH3 is 2. The Hall–Kier alpha value is -4.82. The third kappa shape index (κ3) is 6.58. The van der Waals surface area contributed by atoms with E-state index in [4.69, 9.17) is 19.7 Å². The molecule has 1 fully saturated rings. The summed E-state index contributed by atoms with van der Waals surface area (Å²) in [6.45, 7) is 0. The lowest BCUT2D eigenvalue weighted by Crippen LogP contribution is -2.51. The first-order valence-electron chi connectivity index (χ1n) is 14.3. The van der Waals surface area contributed by atoms with Gasteiger partial charge in [-0.25, -0.2) is 0 Å². The molecule has 1 aliphatic rings. The number of thiophene rings is 2. The quantitative estimate of drug-likeness (QED) is 0.0922. The Morgan fingerprint density at radius 1 is 0.674 bits per heavy atom. The minimum atomic E-state index is -1.38. The van der Waals surface area contributed by atoms with E-state index in [1.54, 1.807) is 36.4 Å². The lowest BCUT2D eigenvalue weighted by atomic mass is 9.67. The zero-order chi connectivity index (χ0) is 33.2. The van der Waals surface area contributed by atoms with Crippen molar-refractivity contribution in [3.8, 4) is 11.5 Å². The van der Waals surface area contributed by atoms with Gasteiger partial charge in [-0.2, -0.15) is 0 Å². The highest BCUT2D eigenvalue weighted by molar-refractivity contribution is 7.21. The molecule has 2 aromatic heterocycles. The third-order valence-corrected chi connectivity index (χ3v) is 10.2. The van der Waals surface area contributed by atoms with Gasteiger partial charge in [0, 0.05) is 34.4 Å². The molecular weight excluding hydrogens is 636 g/mol. The summed E-state index contributed by atoms with van der Waals surface area (Å²) in [5, 5.41) is 24.8. The number of Topliss-reactive ketones (excluding diaryl/α,β-unsaturated/α-hetero) is 2. The first-order chi connectivity index (χ1) is 21.9. The van der Waals surface area contributed by atoms with Crippen LogP contribution in [0.3, 0.4) is 0 Å². The third-order valence-electron chi connectivity index (χ3n) is 7.93. The average molecular weight is 667 g/mol. The molecule has 5 rings (SSSR count). The van der Waals surface area contributed by atoms with Crippen molar-refractivity contribution in [2.24, 2.45) is 5.41 Å². The van der Waals surface area contributed by atoms with Crippen LogP contribution in [0.2, 0.25) is 0 Å². The van der Waals surface area contributed by atoms with Gasteiger partial charge < -0.3 is 30.3 Å². The van der Waals surface area contributed by atoms with Crippen LogP contribution in [0.5, 0.6) is 11.5 Å². The largest absolute Gasteiger partial charge is 0.495 e. The molecule has 2 amide bonds. The lowest BCUT2D eigenvalue weighted by molar-refractivity contribution is -0.143. The van der Waals surface area contributed by atoms with Crippen LogP contribution in [0.1, 0.15) is 64.3 Å². The number of carboxylic acid groups (broad SMARTS) is 2. The molecule has 2 heterocycles. The molecule has 0 bridgehead atoms. The number of carboxylic acids is 2. The summed E-state index contributed by atoms with van der Waals surface area (Å²) < 4.78 is 12.4. The van der Waals surface area contributed by atoms with Crippen LogP contribution in [-0.2, 0) is 19.2 Å². The molecule has 0 atom stereocenters. The van der Waals surface area contributed by atoms with Crippen LogP contribution in [0, 0.1) is 5.41 Å². The van der Waals surface area contributed by atoms with E-state index in [0.29, 0.717) is 72.1 Å². The fourth-order valence-electron chi connectivity index (χ4n) is 5.20. The number of anilines is 2. The van der Waals surface area contributed by atoms with Gasteiger partial charge in [0.05, 0.1) is 48.2 Å². The summed E-state index contributed by atoms with van der Waals surface area (Å²) >= 11 is 2.40. The van der Waals surface area contributed by atoms with Crippen molar-refractivity contribution < 1.29 is 48.5 Å². The molecular formula is C32H30N2O10S2. The van der Waals surface area contributed by atoms with Gasteiger partial charge in [0.1, 0.15) is 16.9 Å². The van der Waals surface area contributed by atoms with Gasteiger partial charge in [-0.05, 0) is 47.9 Å². The molecule has 46 heavy (non-hydrogen) atoms. The number of hydrogen-bond donors (Lipinski definition) is 4. The first-order valence-corrected chi connectivity index (χ1v) is 15.9. The Morgan fingerprint density at radius 3 is 1.41 bits per heavy atom. The zero-order valence-electron chi connectivity index (χ0n) is 24.9. The highest BCUT2D eigenvalue weighted by Crippen LogP contribution is 2.45. The molecule has 240 valence electrons. The van der Waals surface area contributed by atoms with Crippen molar-refractivity contribution in [2.75, 3.05) is 24.9 Å². The number of ether oxygens (including phenoxy) is 2. The topological polar surface area (TPSA) is 185 Å². The van der Waals surface area contributed by atoms with Crippen LogP contribution >= 0.6 is 22.7 Å². The van der Waals surface area contributed by atoms with Gasteiger partial charge in [-0.3, -0.25) is 28.8 Å². The molecule has 0 spiro atoms. The number of fused-ring (bicyclic) bond motifs is 2. The van der Waals surface area contributed by atoms with Gasteiger partial charge in [0.15, 0.2) is 11.6 Å². The Balaban J connectivity index is 1.36. The predicted octanol–water partition coefficient (Wildman–Crippen LogP) is 5.98. The summed E-state index contributed by atoms with van der Waals surface area (Å²) in [5.74, 6) is -3.09. The number of carbonyl (C=O) groups is 6. The monoisotopic (exact) mass is 666 g/mol. The number of amides is 2. The Bertz CT molecular complexity index is 1770. The number of carbonyl (C=O) groups excluding carboxylic acids is 4. The fraction of sp³-hybridized carbons (Fsp3) is 0.312. The van der Waals surface area contributed by atoms with Crippen molar-refractivity contribution >= 4 is 89.5 Å². The molecule has 0 aliphatic heterocycles. The van der Waals surface area contributed by atoms with Gasteiger partial charge in [0.25, 0.3) is 0 Å². The summed E-state index contributed by atoms with van der Waals surface area (Å²) in [4.78, 5) is 75.0. The van der Waals surface area contributed by atoms with Gasteiger partial charge >= 0.3 is 11.9 Å². The second-order valence-electron chi connectivity index (χ2n) is 10.9. The van der Waals surface area contributed by atoms with E-state index in [2.05, 4.69) is 10.6 Å². The molecule has 4 N–H and O–H groups in total. The highest BCUT2D eigenvalue weighted by Gasteiger charge is 2.51. The van der Waals surface area contributed by atoms with Crippen LogP contribution in [0.15, 0.2) is 36.4 Å². The SMILES string of the molecule is COc1cc2sc(C(=O)CCC(=O)O)cc2cc1NC(=O)C1(C(=O)Nc2cc3cc(C(=O)CCC(=O)O)sc3cc2OC)CCC1. The minimum absolute atomic E-state index is 0.128. The number of ketones is 2. The van der Waals surface area contributed by atoms with E-state index in [9.17, 15) is 28.8 Å². The van der Waals surface area contributed by atoms with Crippen molar-refractivity contribution in [3.05, 3.63) is 46.2 Å². The summed E-state index contributed by atoms with van der Waals surface area (Å²) in [6.07, 6.45) is 0.468. The molecule has 1 saturated carbocycles. The maximum atomic E-state index is 13.7. The molecule has 4 aromatic rings. The van der Waals surface area contributed by atoms with Crippen LogP contribution in [0.25, 0.3) is 20.2 Å². The molecule has 12 nitrogen and oxygen atoms in total. The molecule has 1 aliphatic carbocycles. The van der Waals surface area contributed by atoms with E-state index < -0.39 is 29.2 Å². The molecule has 2 aromatic carbocycles. The normalized spacial score (nSPS) is 13.5. The number of rotatable bonds is 14. The molecule has 0 unspecified atom stereocenters. The molecule has 14 heteroatoms. The van der Waals surface area contributed by atoms with Crippen LogP contribution < -0.4 is 20.1 Å². The minimum Gasteiger partial charge on any atom is -0.495 e. The number of hydrogen-bond acceptors (Lipinski definition) is 10. The van der Waals surface area contributed by atoms with Crippen molar-refractivity contribution in [3.63, 3.8) is 0 Å². The van der Waals surface area contributed by atoms with Crippen LogP contribution in [0.4, 0.5) is 11.4 Å². The first kappa shape index (κ1) is 32.6.